The Morgan fingerprint density at radius 3 is 2.81 bits per heavy atom. The van der Waals surface area contributed by atoms with Crippen molar-refractivity contribution >= 4 is 17.4 Å². The van der Waals surface area contributed by atoms with Crippen molar-refractivity contribution < 1.29 is 4.79 Å². The van der Waals surface area contributed by atoms with E-state index >= 15 is 0 Å². The summed E-state index contributed by atoms with van der Waals surface area (Å²) in [6.45, 7) is 5.56. The number of aryl methyl sites for hydroxylation is 2. The van der Waals surface area contributed by atoms with Crippen LogP contribution in [0.2, 0.25) is 5.02 Å². The first-order chi connectivity index (χ1) is 10.1. The summed E-state index contributed by atoms with van der Waals surface area (Å²) < 4.78 is 3.97. The first kappa shape index (κ1) is 14.4. The monoisotopic (exact) mass is 305 g/mol. The average Bonchev–Trinajstić information content (AvgIpc) is 3.17. The van der Waals surface area contributed by atoms with Gasteiger partial charge in [-0.3, -0.25) is 9.48 Å². The van der Waals surface area contributed by atoms with Gasteiger partial charge in [0.2, 0.25) is 0 Å². The third-order valence-electron chi connectivity index (χ3n) is 4.01. The molecule has 1 fully saturated rings. The number of halogens is 1. The van der Waals surface area contributed by atoms with Crippen LogP contribution in [0.1, 0.15) is 48.4 Å². The van der Waals surface area contributed by atoms with Crippen molar-refractivity contribution in [1.29, 1.82) is 0 Å². The van der Waals surface area contributed by atoms with Crippen LogP contribution in [0.5, 0.6) is 0 Å². The number of rotatable bonds is 6. The van der Waals surface area contributed by atoms with E-state index in [0.717, 1.165) is 47.8 Å². The summed E-state index contributed by atoms with van der Waals surface area (Å²) in [6, 6.07) is 1.90. The number of Topliss-reactive ketones (excluding diaryl/α,β-unsaturated/α-hetero) is 1. The molecule has 1 aliphatic rings. The van der Waals surface area contributed by atoms with Crippen LogP contribution >= 0.6 is 11.6 Å². The lowest BCUT2D eigenvalue weighted by Gasteiger charge is -2.06. The molecule has 1 aliphatic carbocycles. The van der Waals surface area contributed by atoms with Crippen molar-refractivity contribution in [3.63, 3.8) is 0 Å². The van der Waals surface area contributed by atoms with Gasteiger partial charge in [0, 0.05) is 30.4 Å². The first-order valence-corrected chi connectivity index (χ1v) is 7.95. The summed E-state index contributed by atoms with van der Waals surface area (Å²) in [5.41, 5.74) is 2.76. The molecular formula is C16H20ClN3O. The highest BCUT2D eigenvalue weighted by Crippen LogP contribution is 2.32. The van der Waals surface area contributed by atoms with E-state index in [0.29, 0.717) is 6.54 Å². The molecule has 0 unspecified atom stereocenters. The largest absolute Gasteiger partial charge is 0.348 e. The highest BCUT2D eigenvalue weighted by atomic mass is 35.5. The molecule has 112 valence electrons. The Bertz CT molecular complexity index is 667. The maximum atomic E-state index is 12.1. The second kappa shape index (κ2) is 5.68. The molecule has 0 radical (unpaired) electrons. The van der Waals surface area contributed by atoms with E-state index in [9.17, 15) is 4.79 Å². The van der Waals surface area contributed by atoms with Gasteiger partial charge in [0.05, 0.1) is 23.0 Å². The summed E-state index contributed by atoms with van der Waals surface area (Å²) in [5, 5.41) is 5.28. The molecule has 0 saturated heterocycles. The Hall–Kier alpha value is -1.55. The van der Waals surface area contributed by atoms with E-state index in [-0.39, 0.29) is 11.7 Å². The van der Waals surface area contributed by atoms with E-state index < -0.39 is 0 Å². The highest BCUT2D eigenvalue weighted by molar-refractivity contribution is 6.31. The predicted molar refractivity (Wildman–Crippen MR) is 82.9 cm³/mol. The number of carbonyl (C=O) groups is 1. The maximum Gasteiger partial charge on any atom is 0.167 e. The van der Waals surface area contributed by atoms with Crippen LogP contribution in [0.3, 0.4) is 0 Å². The molecular weight excluding hydrogens is 286 g/mol. The number of ketones is 1. The molecule has 0 bridgehead atoms. The highest BCUT2D eigenvalue weighted by Gasteiger charge is 2.30. The van der Waals surface area contributed by atoms with Crippen molar-refractivity contribution in [3.8, 4) is 0 Å². The summed E-state index contributed by atoms with van der Waals surface area (Å²) in [7, 11) is 0. The molecule has 0 N–H and O–H groups in total. The molecule has 2 aromatic rings. The molecule has 1 saturated carbocycles. The molecule has 3 rings (SSSR count). The predicted octanol–water partition coefficient (Wildman–Crippen LogP) is 3.56. The molecule has 4 nitrogen and oxygen atoms in total. The quantitative estimate of drug-likeness (QED) is 0.766. The van der Waals surface area contributed by atoms with Crippen LogP contribution in [0, 0.1) is 5.92 Å². The molecule has 0 atom stereocenters. The Morgan fingerprint density at radius 2 is 2.19 bits per heavy atom. The van der Waals surface area contributed by atoms with Crippen molar-refractivity contribution in [2.24, 2.45) is 5.92 Å². The smallest absolute Gasteiger partial charge is 0.167 e. The lowest BCUT2D eigenvalue weighted by Crippen LogP contribution is -2.07. The number of hydrogen-bond acceptors (Lipinski definition) is 2. The van der Waals surface area contributed by atoms with Gasteiger partial charge in [0.15, 0.2) is 5.78 Å². The first-order valence-electron chi connectivity index (χ1n) is 7.58. The molecule has 0 aromatic carbocycles. The maximum absolute atomic E-state index is 12.1. The van der Waals surface area contributed by atoms with E-state index in [1.807, 2.05) is 27.7 Å². The lowest BCUT2D eigenvalue weighted by molar-refractivity contribution is 0.0967. The van der Waals surface area contributed by atoms with Crippen LogP contribution in [-0.4, -0.2) is 20.1 Å². The molecule has 21 heavy (non-hydrogen) atoms. The Kier molecular flexibility index (Phi) is 3.89. The summed E-state index contributed by atoms with van der Waals surface area (Å²) in [4.78, 5) is 12.1. The topological polar surface area (TPSA) is 39.8 Å². The third kappa shape index (κ3) is 2.77. The van der Waals surface area contributed by atoms with Crippen molar-refractivity contribution in [3.05, 3.63) is 40.4 Å². The lowest BCUT2D eigenvalue weighted by atomic mass is 10.1. The molecule has 2 heterocycles. The fraction of sp³-hybridized carbons (Fsp3) is 0.500. The fourth-order valence-corrected chi connectivity index (χ4v) is 2.94. The average molecular weight is 306 g/mol. The zero-order valence-electron chi connectivity index (χ0n) is 12.5. The van der Waals surface area contributed by atoms with Gasteiger partial charge in [-0.1, -0.05) is 18.5 Å². The van der Waals surface area contributed by atoms with E-state index in [1.165, 1.54) is 0 Å². The molecule has 0 spiro atoms. The minimum atomic E-state index is 0.261. The molecule has 5 heteroatoms. The second-order valence-corrected chi connectivity index (χ2v) is 5.97. The summed E-state index contributed by atoms with van der Waals surface area (Å²) in [5.74, 6) is 0.537. The van der Waals surface area contributed by atoms with Gasteiger partial charge in [-0.05, 0) is 32.3 Å². The zero-order chi connectivity index (χ0) is 15.0. The van der Waals surface area contributed by atoms with Gasteiger partial charge >= 0.3 is 0 Å². The molecule has 2 aromatic heterocycles. The van der Waals surface area contributed by atoms with Crippen LogP contribution in [0.15, 0.2) is 18.5 Å². The third-order valence-corrected chi connectivity index (χ3v) is 4.45. The van der Waals surface area contributed by atoms with Gasteiger partial charge in [-0.2, -0.15) is 5.10 Å². The Morgan fingerprint density at radius 1 is 1.43 bits per heavy atom. The van der Waals surface area contributed by atoms with Gasteiger partial charge < -0.3 is 4.57 Å². The van der Waals surface area contributed by atoms with Gasteiger partial charge in [0.1, 0.15) is 0 Å². The van der Waals surface area contributed by atoms with E-state index in [4.69, 9.17) is 11.6 Å². The van der Waals surface area contributed by atoms with Crippen molar-refractivity contribution in [2.75, 3.05) is 0 Å². The van der Waals surface area contributed by atoms with Gasteiger partial charge in [0.25, 0.3) is 0 Å². The fourth-order valence-electron chi connectivity index (χ4n) is 2.61. The summed E-state index contributed by atoms with van der Waals surface area (Å²) in [6.07, 6.45) is 6.78. The second-order valence-electron chi connectivity index (χ2n) is 5.59. The minimum Gasteiger partial charge on any atom is -0.348 e. The Labute approximate surface area is 129 Å². The molecule has 0 aliphatic heterocycles. The van der Waals surface area contributed by atoms with Crippen LogP contribution in [-0.2, 0) is 19.5 Å². The Balaban J connectivity index is 1.83. The number of carbonyl (C=O) groups excluding carboxylic acids is 1. The SMILES string of the molecule is CCc1nn(CC)c(Cn2ccc(C(=O)C3CC3)c2)c1Cl. The standard InChI is InChI=1S/C16H20ClN3O/c1-3-13-15(17)14(20(4-2)18-13)10-19-8-7-12(9-19)16(21)11-5-6-11/h7-9,11H,3-6,10H2,1-2H3. The zero-order valence-corrected chi connectivity index (χ0v) is 13.2. The van der Waals surface area contributed by atoms with Crippen LogP contribution in [0.25, 0.3) is 0 Å². The van der Waals surface area contributed by atoms with Crippen molar-refractivity contribution in [2.45, 2.75) is 46.2 Å². The van der Waals surface area contributed by atoms with Crippen LogP contribution in [0.4, 0.5) is 0 Å². The number of hydrogen-bond donors (Lipinski definition) is 0. The van der Waals surface area contributed by atoms with Crippen molar-refractivity contribution in [1.82, 2.24) is 14.3 Å². The minimum absolute atomic E-state index is 0.261. The van der Waals surface area contributed by atoms with Gasteiger partial charge in [-0.25, -0.2) is 0 Å². The van der Waals surface area contributed by atoms with Crippen LogP contribution < -0.4 is 0 Å². The molecule has 0 amide bonds. The summed E-state index contributed by atoms with van der Waals surface area (Å²) >= 11 is 6.42. The van der Waals surface area contributed by atoms with E-state index in [2.05, 4.69) is 18.9 Å². The number of aromatic nitrogens is 3. The van der Waals surface area contributed by atoms with Gasteiger partial charge in [-0.15, -0.1) is 0 Å². The number of nitrogens with zero attached hydrogens (tertiary/aromatic N) is 3. The van der Waals surface area contributed by atoms with E-state index in [1.54, 1.807) is 0 Å². The normalized spacial score (nSPS) is 14.6.